The molecule has 0 aliphatic carbocycles. The Hall–Kier alpha value is -2.42. The van der Waals surface area contributed by atoms with E-state index >= 15 is 0 Å². The molecule has 1 aliphatic rings. The number of nitrogen functional groups attached to an aromatic ring is 1. The second-order valence-electron chi connectivity index (χ2n) is 6.95. The normalized spacial score (nSPS) is 22.4. The van der Waals surface area contributed by atoms with E-state index in [9.17, 15) is 15.2 Å². The number of ether oxygens (including phenoxy) is 2. The first kappa shape index (κ1) is 20.8. The number of nitro benzene ring substituents is 1. The van der Waals surface area contributed by atoms with E-state index in [4.69, 9.17) is 15.2 Å². The first-order chi connectivity index (χ1) is 14.3. The third-order valence-electron chi connectivity index (χ3n) is 5.04. The monoisotopic (exact) mass is 526 g/mol. The van der Waals surface area contributed by atoms with Crippen LogP contribution in [0.3, 0.4) is 0 Å². The van der Waals surface area contributed by atoms with Gasteiger partial charge in [-0.2, -0.15) is 0 Å². The van der Waals surface area contributed by atoms with Gasteiger partial charge in [-0.1, -0.05) is 0 Å². The molecule has 11 nitrogen and oxygen atoms in total. The quantitative estimate of drug-likeness (QED) is 0.280. The van der Waals surface area contributed by atoms with Crippen LogP contribution in [0.25, 0.3) is 11.2 Å². The number of nitrogens with two attached hydrogens (primary N) is 1. The van der Waals surface area contributed by atoms with Crippen molar-refractivity contribution in [3.8, 4) is 0 Å². The number of anilines is 1. The Labute approximate surface area is 184 Å². The number of nitrogens with zero attached hydrogens (tertiary/aromatic N) is 5. The molecule has 3 aromatic rings. The summed E-state index contributed by atoms with van der Waals surface area (Å²) in [7, 11) is 0. The highest BCUT2D eigenvalue weighted by molar-refractivity contribution is 14.1. The van der Waals surface area contributed by atoms with Gasteiger partial charge in [0, 0.05) is 16.1 Å². The molecule has 12 heteroatoms. The molecule has 0 bridgehead atoms. The van der Waals surface area contributed by atoms with Gasteiger partial charge in [0.25, 0.3) is 5.69 Å². The van der Waals surface area contributed by atoms with Crippen LogP contribution in [0.4, 0.5) is 11.5 Å². The Balaban J connectivity index is 1.45. The Bertz CT molecular complexity index is 1090. The van der Waals surface area contributed by atoms with E-state index in [1.807, 2.05) is 22.6 Å². The average Bonchev–Trinajstić information content (AvgIpc) is 3.30. The smallest absolute Gasteiger partial charge is 0.276 e. The molecule has 2 aromatic heterocycles. The van der Waals surface area contributed by atoms with Crippen molar-refractivity contribution in [1.29, 1.82) is 0 Å². The lowest BCUT2D eigenvalue weighted by Gasteiger charge is -2.19. The van der Waals surface area contributed by atoms with Crippen LogP contribution in [0, 0.1) is 13.7 Å². The fraction of sp³-hybridized carbons (Fsp3) is 0.389. The van der Waals surface area contributed by atoms with Crippen LogP contribution in [-0.2, 0) is 9.47 Å². The van der Waals surface area contributed by atoms with E-state index in [1.165, 1.54) is 12.4 Å². The summed E-state index contributed by atoms with van der Waals surface area (Å²) in [6, 6.07) is 4.98. The van der Waals surface area contributed by atoms with Crippen molar-refractivity contribution in [3.63, 3.8) is 0 Å². The molecule has 0 saturated carbocycles. The van der Waals surface area contributed by atoms with E-state index < -0.39 is 29.5 Å². The van der Waals surface area contributed by atoms with Gasteiger partial charge >= 0.3 is 0 Å². The van der Waals surface area contributed by atoms with Crippen molar-refractivity contribution in [2.45, 2.75) is 37.9 Å². The third kappa shape index (κ3) is 3.95. The van der Waals surface area contributed by atoms with Crippen molar-refractivity contribution < 1.29 is 19.5 Å². The lowest BCUT2D eigenvalue weighted by molar-refractivity contribution is -0.386. The number of halogens is 1. The Morgan fingerprint density at radius 3 is 3.03 bits per heavy atom. The summed E-state index contributed by atoms with van der Waals surface area (Å²) in [4.78, 5) is 23.2. The van der Waals surface area contributed by atoms with Crippen LogP contribution in [0.15, 0.2) is 30.9 Å². The molecule has 158 valence electrons. The zero-order chi connectivity index (χ0) is 21.4. The van der Waals surface area contributed by atoms with Gasteiger partial charge in [-0.3, -0.25) is 14.7 Å². The summed E-state index contributed by atoms with van der Waals surface area (Å²) in [5.41, 5.74) is 7.27. The molecule has 4 rings (SSSR count). The van der Waals surface area contributed by atoms with Crippen molar-refractivity contribution in [2.75, 3.05) is 12.3 Å². The number of nitro groups is 1. The highest BCUT2D eigenvalue weighted by atomic mass is 127. The van der Waals surface area contributed by atoms with Gasteiger partial charge in [0.15, 0.2) is 11.5 Å². The van der Waals surface area contributed by atoms with E-state index in [0.29, 0.717) is 23.1 Å². The lowest BCUT2D eigenvalue weighted by Crippen LogP contribution is -2.27. The maximum Gasteiger partial charge on any atom is 0.276 e. The van der Waals surface area contributed by atoms with Crippen LogP contribution < -0.4 is 5.73 Å². The van der Waals surface area contributed by atoms with Crippen LogP contribution in [-0.4, -0.2) is 48.4 Å². The molecule has 30 heavy (non-hydrogen) atoms. The predicted octanol–water partition coefficient (Wildman–Crippen LogP) is 2.35. The number of benzene rings is 1. The molecule has 0 spiro atoms. The molecule has 1 aliphatic heterocycles. The standard InChI is InChI=1S/C18H19IN6O5/c1-9(11-3-2-10(19)4-12(11)25(27)28)29-6-14-13(26)5-15(30-14)24-8-23-16-17(20)21-7-22-18(16)24/h2-4,7-9,13-15,26H,5-6H2,1H3,(H2,20,21,22)/t9?,13-,14+,15+/m0/s1. The number of aliphatic hydroxyl groups excluding tert-OH is 1. The highest BCUT2D eigenvalue weighted by Gasteiger charge is 2.36. The summed E-state index contributed by atoms with van der Waals surface area (Å²) in [6.45, 7) is 1.81. The largest absolute Gasteiger partial charge is 0.390 e. The van der Waals surface area contributed by atoms with E-state index in [-0.39, 0.29) is 18.1 Å². The van der Waals surface area contributed by atoms with Gasteiger partial charge in [0.05, 0.1) is 35.6 Å². The topological polar surface area (TPSA) is 151 Å². The maximum absolute atomic E-state index is 11.4. The number of fused-ring (bicyclic) bond motifs is 1. The Morgan fingerprint density at radius 1 is 1.47 bits per heavy atom. The van der Waals surface area contributed by atoms with E-state index in [2.05, 4.69) is 15.0 Å². The molecule has 3 N–H and O–H groups in total. The lowest BCUT2D eigenvalue weighted by atomic mass is 10.1. The predicted molar refractivity (Wildman–Crippen MR) is 114 cm³/mol. The first-order valence-corrected chi connectivity index (χ1v) is 10.2. The summed E-state index contributed by atoms with van der Waals surface area (Å²) in [6.07, 6.45) is 0.810. The minimum atomic E-state index is -0.773. The number of hydrogen-bond acceptors (Lipinski definition) is 9. The van der Waals surface area contributed by atoms with E-state index in [0.717, 1.165) is 3.57 Å². The van der Waals surface area contributed by atoms with Crippen LogP contribution in [0.2, 0.25) is 0 Å². The summed E-state index contributed by atoms with van der Waals surface area (Å²) in [5, 5.41) is 21.8. The molecule has 0 radical (unpaired) electrons. The van der Waals surface area contributed by atoms with Crippen molar-refractivity contribution in [3.05, 3.63) is 50.1 Å². The summed E-state index contributed by atoms with van der Waals surface area (Å²) in [5.74, 6) is 0.269. The number of hydrogen-bond donors (Lipinski definition) is 2. The second kappa shape index (κ2) is 8.37. The van der Waals surface area contributed by atoms with Gasteiger partial charge < -0.3 is 20.3 Å². The fourth-order valence-electron chi connectivity index (χ4n) is 3.46. The molecule has 1 unspecified atom stereocenters. The Morgan fingerprint density at radius 2 is 2.27 bits per heavy atom. The van der Waals surface area contributed by atoms with Crippen molar-refractivity contribution in [2.24, 2.45) is 0 Å². The number of aliphatic hydroxyl groups is 1. The average molecular weight is 526 g/mol. The van der Waals surface area contributed by atoms with Gasteiger partial charge in [0.2, 0.25) is 0 Å². The SMILES string of the molecule is CC(OC[C@H]1O[C@@H](n2cnc3c(N)ncnc32)C[C@@H]1O)c1ccc(I)cc1[N+](=O)[O-]. The molecule has 1 saturated heterocycles. The second-order valence-corrected chi connectivity index (χ2v) is 8.20. The zero-order valence-corrected chi connectivity index (χ0v) is 18.0. The third-order valence-corrected chi connectivity index (χ3v) is 5.71. The van der Waals surface area contributed by atoms with Gasteiger partial charge in [-0.05, 0) is 41.6 Å². The van der Waals surface area contributed by atoms with Gasteiger partial charge in [-0.15, -0.1) is 0 Å². The summed E-state index contributed by atoms with van der Waals surface area (Å²) >= 11 is 2.03. The molecular weight excluding hydrogens is 507 g/mol. The van der Waals surface area contributed by atoms with Crippen molar-refractivity contribution in [1.82, 2.24) is 19.5 Å². The first-order valence-electron chi connectivity index (χ1n) is 9.17. The van der Waals surface area contributed by atoms with Crippen LogP contribution in [0.1, 0.15) is 31.2 Å². The van der Waals surface area contributed by atoms with Crippen molar-refractivity contribution >= 4 is 45.3 Å². The molecular formula is C18H19IN6O5. The van der Waals surface area contributed by atoms with Gasteiger partial charge in [-0.25, -0.2) is 15.0 Å². The highest BCUT2D eigenvalue weighted by Crippen LogP contribution is 2.33. The maximum atomic E-state index is 11.4. The zero-order valence-electron chi connectivity index (χ0n) is 15.9. The molecule has 0 amide bonds. The fourth-order valence-corrected chi connectivity index (χ4v) is 3.94. The minimum Gasteiger partial charge on any atom is -0.390 e. The van der Waals surface area contributed by atoms with Gasteiger partial charge in [0.1, 0.15) is 24.2 Å². The van der Waals surface area contributed by atoms with E-state index in [1.54, 1.807) is 30.0 Å². The molecule has 1 fully saturated rings. The molecule has 4 atom stereocenters. The number of imidazole rings is 1. The van der Waals surface area contributed by atoms with Crippen LogP contribution in [0.5, 0.6) is 0 Å². The minimum absolute atomic E-state index is 0.00215. The molecule has 1 aromatic carbocycles. The summed E-state index contributed by atoms with van der Waals surface area (Å²) < 4.78 is 14.3. The number of rotatable bonds is 6. The number of aromatic nitrogens is 4. The Kier molecular flexibility index (Phi) is 5.81. The molecule has 3 heterocycles. The van der Waals surface area contributed by atoms with Crippen LogP contribution >= 0.6 is 22.6 Å².